The molecule has 0 atom stereocenters. The maximum Gasteiger partial charge on any atom is 0.349 e. The first kappa shape index (κ1) is 11.3. The summed E-state index contributed by atoms with van der Waals surface area (Å²) in [6.07, 6.45) is 0. The van der Waals surface area contributed by atoms with Crippen LogP contribution in [0.5, 0.6) is 0 Å². The number of hydrogen-bond acceptors (Lipinski definition) is 3. The third-order valence-corrected chi connectivity index (χ3v) is 3.37. The Bertz CT molecular complexity index is 700. The number of aryl methyl sites for hydroxylation is 3. The van der Waals surface area contributed by atoms with E-state index in [1.807, 2.05) is 22.6 Å². The minimum atomic E-state index is -0.346. The molecule has 2 aromatic rings. The maximum absolute atomic E-state index is 11.8. The zero-order valence-electron chi connectivity index (χ0n) is 9.11. The van der Waals surface area contributed by atoms with Crippen LogP contribution in [0.25, 0.3) is 11.0 Å². The number of nitrogens with zero attached hydrogens (tertiary/aromatic N) is 3. The first-order valence-electron chi connectivity index (χ1n) is 4.66. The van der Waals surface area contributed by atoms with Crippen molar-refractivity contribution in [1.82, 2.24) is 14.1 Å². The molecular formula is C10H10IN3O2. The molecule has 0 unspecified atom stereocenters. The average Bonchev–Trinajstić information content (AvgIpc) is 2.22. The van der Waals surface area contributed by atoms with Gasteiger partial charge in [-0.15, -0.1) is 0 Å². The standard InChI is InChI=1S/C10H10IN3O2/c1-5-6-4-7(11)9(15)13(2)8(6)14(3)10(16)12-5/h4H,1-3H3. The molecule has 0 amide bonds. The Balaban J connectivity index is 3.20. The van der Waals surface area contributed by atoms with E-state index in [1.165, 1.54) is 9.13 Å². The fraction of sp³-hybridized carbons (Fsp3) is 0.300. The molecule has 0 aliphatic carbocycles. The van der Waals surface area contributed by atoms with Crippen LogP contribution in [-0.2, 0) is 14.1 Å². The zero-order chi connectivity index (χ0) is 12.0. The van der Waals surface area contributed by atoms with Crippen LogP contribution in [-0.4, -0.2) is 14.1 Å². The normalized spacial score (nSPS) is 11.0. The number of fused-ring (bicyclic) bond motifs is 1. The van der Waals surface area contributed by atoms with E-state index in [2.05, 4.69) is 4.98 Å². The smallest absolute Gasteiger partial charge is 0.296 e. The predicted octanol–water partition coefficient (Wildman–Crippen LogP) is 0.545. The number of rotatable bonds is 0. The van der Waals surface area contributed by atoms with Gasteiger partial charge in [-0.2, -0.15) is 4.98 Å². The lowest BCUT2D eigenvalue weighted by molar-refractivity contribution is 0.769. The highest BCUT2D eigenvalue weighted by Crippen LogP contribution is 2.14. The molecule has 0 saturated heterocycles. The van der Waals surface area contributed by atoms with Gasteiger partial charge in [-0.3, -0.25) is 13.9 Å². The van der Waals surface area contributed by atoms with Gasteiger partial charge in [-0.25, -0.2) is 4.79 Å². The Labute approximate surface area is 105 Å². The van der Waals surface area contributed by atoms with Gasteiger partial charge >= 0.3 is 5.69 Å². The average molecular weight is 331 g/mol. The molecule has 5 nitrogen and oxygen atoms in total. The van der Waals surface area contributed by atoms with Gasteiger partial charge in [-0.05, 0) is 35.6 Å². The van der Waals surface area contributed by atoms with Crippen molar-refractivity contribution in [1.29, 1.82) is 0 Å². The van der Waals surface area contributed by atoms with Crippen LogP contribution in [0, 0.1) is 10.5 Å². The molecule has 0 aliphatic rings. The SMILES string of the molecule is Cc1nc(=O)n(C)c2c1cc(I)c(=O)n2C. The lowest BCUT2D eigenvalue weighted by Gasteiger charge is -2.10. The highest BCUT2D eigenvalue weighted by Gasteiger charge is 2.11. The van der Waals surface area contributed by atoms with Crippen molar-refractivity contribution >= 4 is 33.6 Å². The summed E-state index contributed by atoms with van der Waals surface area (Å²) in [5.41, 5.74) is 0.796. The van der Waals surface area contributed by atoms with E-state index in [1.54, 1.807) is 27.1 Å². The van der Waals surface area contributed by atoms with Gasteiger partial charge in [0.15, 0.2) is 0 Å². The van der Waals surface area contributed by atoms with Gasteiger partial charge in [0.05, 0.1) is 9.26 Å². The van der Waals surface area contributed by atoms with E-state index < -0.39 is 0 Å². The van der Waals surface area contributed by atoms with Gasteiger partial charge in [-0.1, -0.05) is 0 Å². The molecule has 0 bridgehead atoms. The molecular weight excluding hydrogens is 321 g/mol. The van der Waals surface area contributed by atoms with E-state index in [-0.39, 0.29) is 11.2 Å². The molecule has 0 spiro atoms. The number of aromatic nitrogens is 3. The molecule has 0 aromatic carbocycles. The van der Waals surface area contributed by atoms with Crippen LogP contribution in [0.2, 0.25) is 0 Å². The highest BCUT2D eigenvalue weighted by molar-refractivity contribution is 14.1. The van der Waals surface area contributed by atoms with Crippen LogP contribution in [0.3, 0.4) is 0 Å². The van der Waals surface area contributed by atoms with Crippen LogP contribution in [0.4, 0.5) is 0 Å². The quantitative estimate of drug-likeness (QED) is 0.663. The van der Waals surface area contributed by atoms with Crippen LogP contribution < -0.4 is 11.2 Å². The lowest BCUT2D eigenvalue weighted by atomic mass is 10.2. The monoisotopic (exact) mass is 331 g/mol. The van der Waals surface area contributed by atoms with Crippen molar-refractivity contribution < 1.29 is 0 Å². The summed E-state index contributed by atoms with van der Waals surface area (Å²) in [5.74, 6) is 0. The Kier molecular flexibility index (Phi) is 2.61. The predicted molar refractivity (Wildman–Crippen MR) is 69.7 cm³/mol. The molecule has 0 N–H and O–H groups in total. The third kappa shape index (κ3) is 1.48. The van der Waals surface area contributed by atoms with E-state index in [4.69, 9.17) is 0 Å². The summed E-state index contributed by atoms with van der Waals surface area (Å²) in [5, 5.41) is 0.827. The molecule has 0 fully saturated rings. The minimum Gasteiger partial charge on any atom is -0.296 e. The van der Waals surface area contributed by atoms with Crippen molar-refractivity contribution in [3.05, 3.63) is 36.2 Å². The fourth-order valence-corrected chi connectivity index (χ4v) is 2.40. The van der Waals surface area contributed by atoms with Crippen molar-refractivity contribution in [3.63, 3.8) is 0 Å². The van der Waals surface area contributed by atoms with Crippen LogP contribution in [0.1, 0.15) is 5.69 Å². The largest absolute Gasteiger partial charge is 0.349 e. The first-order valence-corrected chi connectivity index (χ1v) is 5.74. The number of pyridine rings is 1. The van der Waals surface area contributed by atoms with Crippen molar-refractivity contribution in [2.75, 3.05) is 0 Å². The maximum atomic E-state index is 11.8. The summed E-state index contributed by atoms with van der Waals surface area (Å²) in [7, 11) is 3.27. The van der Waals surface area contributed by atoms with Crippen LogP contribution in [0.15, 0.2) is 15.7 Å². The molecule has 0 saturated carbocycles. The minimum absolute atomic E-state index is 0.103. The van der Waals surface area contributed by atoms with E-state index in [0.717, 1.165) is 5.39 Å². The second kappa shape index (κ2) is 3.69. The van der Waals surface area contributed by atoms with Gasteiger partial charge in [0.2, 0.25) is 0 Å². The molecule has 2 heterocycles. The van der Waals surface area contributed by atoms with Crippen molar-refractivity contribution in [2.45, 2.75) is 6.92 Å². The summed E-state index contributed by atoms with van der Waals surface area (Å²) in [4.78, 5) is 27.2. The van der Waals surface area contributed by atoms with E-state index >= 15 is 0 Å². The molecule has 2 rings (SSSR count). The van der Waals surface area contributed by atoms with Crippen LogP contribution >= 0.6 is 22.6 Å². The summed E-state index contributed by atoms with van der Waals surface area (Å²) >= 11 is 1.99. The molecule has 0 radical (unpaired) electrons. The van der Waals surface area contributed by atoms with E-state index in [0.29, 0.717) is 14.9 Å². The second-order valence-electron chi connectivity index (χ2n) is 3.63. The molecule has 84 valence electrons. The molecule has 6 heteroatoms. The summed E-state index contributed by atoms with van der Waals surface area (Å²) < 4.78 is 3.49. The van der Waals surface area contributed by atoms with Gasteiger partial charge in [0.1, 0.15) is 5.65 Å². The Morgan fingerprint density at radius 3 is 2.50 bits per heavy atom. The van der Waals surface area contributed by atoms with E-state index in [9.17, 15) is 9.59 Å². The lowest BCUT2D eigenvalue weighted by Crippen LogP contribution is -2.28. The second-order valence-corrected chi connectivity index (χ2v) is 4.79. The summed E-state index contributed by atoms with van der Waals surface area (Å²) in [6.45, 7) is 1.77. The van der Waals surface area contributed by atoms with Crippen molar-refractivity contribution in [2.24, 2.45) is 14.1 Å². The Morgan fingerprint density at radius 2 is 1.88 bits per heavy atom. The topological polar surface area (TPSA) is 56.9 Å². The zero-order valence-corrected chi connectivity index (χ0v) is 11.3. The number of halogens is 1. The third-order valence-electron chi connectivity index (χ3n) is 2.60. The highest BCUT2D eigenvalue weighted by atomic mass is 127. The molecule has 16 heavy (non-hydrogen) atoms. The summed E-state index contributed by atoms with van der Waals surface area (Å²) in [6, 6.07) is 1.76. The number of hydrogen-bond donors (Lipinski definition) is 0. The van der Waals surface area contributed by atoms with Gasteiger partial charge in [0, 0.05) is 19.5 Å². The Hall–Kier alpha value is -1.18. The first-order chi connectivity index (χ1) is 7.43. The van der Waals surface area contributed by atoms with Gasteiger partial charge < -0.3 is 0 Å². The fourth-order valence-electron chi connectivity index (χ4n) is 1.73. The molecule has 2 aromatic heterocycles. The molecule has 0 aliphatic heterocycles. The van der Waals surface area contributed by atoms with Crippen molar-refractivity contribution in [3.8, 4) is 0 Å². The van der Waals surface area contributed by atoms with Gasteiger partial charge in [0.25, 0.3) is 5.56 Å². The Morgan fingerprint density at radius 1 is 1.25 bits per heavy atom.